The van der Waals surface area contributed by atoms with Gasteiger partial charge in [-0.05, 0) is 19.1 Å². The molecule has 0 saturated heterocycles. The average Bonchev–Trinajstić information content (AvgIpc) is 2.88. The zero-order valence-electron chi connectivity index (χ0n) is 12.7. The van der Waals surface area contributed by atoms with E-state index >= 15 is 0 Å². The maximum absolute atomic E-state index is 10.8. The third kappa shape index (κ3) is 4.16. The fraction of sp³-hybridized carbons (Fsp3) is 0.786. The van der Waals surface area contributed by atoms with E-state index in [-0.39, 0.29) is 10.5 Å². The Labute approximate surface area is 134 Å². The van der Waals surface area contributed by atoms with Crippen LogP contribution in [0.4, 0.5) is 0 Å². The lowest BCUT2D eigenvalue weighted by molar-refractivity contribution is -0.133. The quantitative estimate of drug-likeness (QED) is 0.775. The Kier molecular flexibility index (Phi) is 5.98. The van der Waals surface area contributed by atoms with E-state index in [9.17, 15) is 4.79 Å². The van der Waals surface area contributed by atoms with Crippen LogP contribution in [0.5, 0.6) is 0 Å². The van der Waals surface area contributed by atoms with Crippen molar-refractivity contribution in [3.8, 4) is 0 Å². The Hall–Kier alpha value is -0.690. The summed E-state index contributed by atoms with van der Waals surface area (Å²) >= 11 is 3.21. The van der Waals surface area contributed by atoms with E-state index in [0.717, 1.165) is 23.9 Å². The number of thioether (sulfide) groups is 2. The number of aryl methyl sites for hydroxylation is 1. The van der Waals surface area contributed by atoms with Crippen LogP contribution in [0.15, 0.2) is 5.16 Å². The highest BCUT2D eigenvalue weighted by Gasteiger charge is 2.33. The number of hydrogen-bond acceptors (Lipinski definition) is 5. The summed E-state index contributed by atoms with van der Waals surface area (Å²) in [5, 5.41) is 18.0. The summed E-state index contributed by atoms with van der Waals surface area (Å²) in [5.74, 6) is 0.181. The van der Waals surface area contributed by atoms with Gasteiger partial charge in [-0.1, -0.05) is 37.9 Å². The molecule has 1 aliphatic rings. The first-order valence-electron chi connectivity index (χ1n) is 7.42. The van der Waals surface area contributed by atoms with Crippen LogP contribution in [-0.4, -0.2) is 42.6 Å². The molecule has 0 aromatic carbocycles. The first-order valence-corrected chi connectivity index (χ1v) is 9.63. The number of carbonyl (C=O) groups is 1. The standard InChI is InChI=1S/C14H23N3O2S2/c1-3-11-15-16-13(21-9-12(18)19)17(11)10-14(20-2)7-5-4-6-8-14/h3-10H2,1-2H3,(H,18,19). The van der Waals surface area contributed by atoms with Gasteiger partial charge in [0.1, 0.15) is 5.82 Å². The molecule has 0 unspecified atom stereocenters. The van der Waals surface area contributed by atoms with E-state index in [4.69, 9.17) is 5.11 Å². The van der Waals surface area contributed by atoms with Crippen LogP contribution in [0.2, 0.25) is 0 Å². The molecule has 0 bridgehead atoms. The normalized spacial score (nSPS) is 17.8. The number of hydrogen-bond donors (Lipinski definition) is 1. The molecule has 1 fully saturated rings. The molecule has 0 spiro atoms. The summed E-state index contributed by atoms with van der Waals surface area (Å²) in [6, 6.07) is 0. The molecule has 1 aromatic heterocycles. The lowest BCUT2D eigenvalue weighted by Crippen LogP contribution is -2.33. The number of carboxylic acids is 1. The molecule has 1 saturated carbocycles. The lowest BCUT2D eigenvalue weighted by atomic mass is 9.88. The van der Waals surface area contributed by atoms with E-state index < -0.39 is 5.97 Å². The van der Waals surface area contributed by atoms with Gasteiger partial charge in [-0.15, -0.1) is 10.2 Å². The van der Waals surface area contributed by atoms with Crippen LogP contribution in [0.3, 0.4) is 0 Å². The Bertz CT molecular complexity index is 485. The SMILES string of the molecule is CCc1nnc(SCC(=O)O)n1CC1(SC)CCCCC1. The third-order valence-electron chi connectivity index (χ3n) is 4.08. The summed E-state index contributed by atoms with van der Waals surface area (Å²) in [5.41, 5.74) is 0. The summed E-state index contributed by atoms with van der Waals surface area (Å²) in [6.07, 6.45) is 9.34. The first-order chi connectivity index (χ1) is 10.1. The highest BCUT2D eigenvalue weighted by molar-refractivity contribution is 8.00. The average molecular weight is 329 g/mol. The summed E-state index contributed by atoms with van der Waals surface area (Å²) in [6.45, 7) is 2.96. The van der Waals surface area contributed by atoms with E-state index in [1.165, 1.54) is 43.9 Å². The molecule has 5 nitrogen and oxygen atoms in total. The molecular weight excluding hydrogens is 306 g/mol. The van der Waals surface area contributed by atoms with Crippen molar-refractivity contribution in [2.24, 2.45) is 0 Å². The van der Waals surface area contributed by atoms with Gasteiger partial charge in [0.25, 0.3) is 0 Å². The van der Waals surface area contributed by atoms with Crippen molar-refractivity contribution < 1.29 is 9.90 Å². The molecule has 1 N–H and O–H groups in total. The lowest BCUT2D eigenvalue weighted by Gasteiger charge is -2.36. The summed E-state index contributed by atoms with van der Waals surface area (Å²) in [4.78, 5) is 10.8. The maximum atomic E-state index is 10.8. The second kappa shape index (κ2) is 7.54. The minimum Gasteiger partial charge on any atom is -0.481 e. The molecular formula is C14H23N3O2S2. The van der Waals surface area contributed by atoms with E-state index in [1.54, 1.807) is 0 Å². The van der Waals surface area contributed by atoms with Gasteiger partial charge in [-0.25, -0.2) is 0 Å². The fourth-order valence-corrected chi connectivity index (χ4v) is 4.52. The van der Waals surface area contributed by atoms with Crippen LogP contribution >= 0.6 is 23.5 Å². The highest BCUT2D eigenvalue weighted by Crippen LogP contribution is 2.40. The Balaban J connectivity index is 2.19. The van der Waals surface area contributed by atoms with Crippen molar-refractivity contribution in [3.63, 3.8) is 0 Å². The van der Waals surface area contributed by atoms with Crippen molar-refractivity contribution in [2.45, 2.75) is 61.9 Å². The number of aromatic nitrogens is 3. The van der Waals surface area contributed by atoms with Gasteiger partial charge < -0.3 is 9.67 Å². The van der Waals surface area contributed by atoms with Gasteiger partial charge >= 0.3 is 5.97 Å². The summed E-state index contributed by atoms with van der Waals surface area (Å²) in [7, 11) is 0. The number of aliphatic carboxylic acids is 1. The zero-order valence-corrected chi connectivity index (χ0v) is 14.3. The van der Waals surface area contributed by atoms with E-state index in [2.05, 4.69) is 27.9 Å². The zero-order chi connectivity index (χ0) is 15.3. The minimum absolute atomic E-state index is 0.0358. The third-order valence-corrected chi connectivity index (χ3v) is 6.43. The van der Waals surface area contributed by atoms with E-state index in [0.29, 0.717) is 0 Å². The molecule has 0 radical (unpaired) electrons. The van der Waals surface area contributed by atoms with Crippen LogP contribution in [0.25, 0.3) is 0 Å². The van der Waals surface area contributed by atoms with Gasteiger partial charge in [0.15, 0.2) is 5.16 Å². The topological polar surface area (TPSA) is 68.0 Å². The van der Waals surface area contributed by atoms with Crippen LogP contribution in [0.1, 0.15) is 44.9 Å². The predicted molar refractivity (Wildman–Crippen MR) is 87.1 cm³/mol. The van der Waals surface area contributed by atoms with Crippen molar-refractivity contribution in [3.05, 3.63) is 5.82 Å². The van der Waals surface area contributed by atoms with Crippen molar-refractivity contribution in [2.75, 3.05) is 12.0 Å². The van der Waals surface area contributed by atoms with Gasteiger partial charge in [-0.3, -0.25) is 4.79 Å². The second-order valence-corrected chi connectivity index (χ2v) is 7.69. The number of nitrogens with zero attached hydrogens (tertiary/aromatic N) is 3. The molecule has 1 heterocycles. The largest absolute Gasteiger partial charge is 0.481 e. The van der Waals surface area contributed by atoms with Crippen LogP contribution in [0, 0.1) is 0 Å². The smallest absolute Gasteiger partial charge is 0.313 e. The molecule has 7 heteroatoms. The summed E-state index contributed by atoms with van der Waals surface area (Å²) < 4.78 is 2.40. The highest BCUT2D eigenvalue weighted by atomic mass is 32.2. The van der Waals surface area contributed by atoms with Crippen LogP contribution in [-0.2, 0) is 17.8 Å². The van der Waals surface area contributed by atoms with Crippen LogP contribution < -0.4 is 0 Å². The van der Waals surface area contributed by atoms with E-state index in [1.807, 2.05) is 11.8 Å². The Morgan fingerprint density at radius 2 is 2.05 bits per heavy atom. The molecule has 1 aliphatic carbocycles. The first kappa shape index (κ1) is 16.7. The molecule has 21 heavy (non-hydrogen) atoms. The number of carboxylic acid groups (broad SMARTS) is 1. The minimum atomic E-state index is -0.815. The molecule has 1 aromatic rings. The second-order valence-electron chi connectivity index (χ2n) is 5.47. The van der Waals surface area contributed by atoms with Gasteiger partial charge in [0.05, 0.1) is 5.75 Å². The van der Waals surface area contributed by atoms with Gasteiger partial charge in [-0.2, -0.15) is 11.8 Å². The van der Waals surface area contributed by atoms with Gasteiger partial charge in [0, 0.05) is 17.7 Å². The Morgan fingerprint density at radius 1 is 1.33 bits per heavy atom. The van der Waals surface area contributed by atoms with Crippen molar-refractivity contribution in [1.82, 2.24) is 14.8 Å². The van der Waals surface area contributed by atoms with Gasteiger partial charge in [0.2, 0.25) is 0 Å². The van der Waals surface area contributed by atoms with Crippen molar-refractivity contribution in [1.29, 1.82) is 0 Å². The molecule has 0 atom stereocenters. The molecule has 2 rings (SSSR count). The molecule has 118 valence electrons. The Morgan fingerprint density at radius 3 is 2.62 bits per heavy atom. The predicted octanol–water partition coefficient (Wildman–Crippen LogP) is 3.08. The fourth-order valence-electron chi connectivity index (χ4n) is 2.88. The maximum Gasteiger partial charge on any atom is 0.313 e. The molecule has 0 amide bonds. The monoisotopic (exact) mass is 329 g/mol. The van der Waals surface area contributed by atoms with Crippen molar-refractivity contribution >= 4 is 29.5 Å². The number of rotatable bonds is 7. The molecule has 0 aliphatic heterocycles.